The zero-order chi connectivity index (χ0) is 14.8. The highest BCUT2D eigenvalue weighted by molar-refractivity contribution is 5.21. The maximum absolute atomic E-state index is 8.57. The Balaban J connectivity index is 0.000000173. The molecule has 1 N–H and O–H groups in total. The topological polar surface area (TPSA) is 23.5 Å². The summed E-state index contributed by atoms with van der Waals surface area (Å²) in [5, 5.41) is 8.57. The maximum Gasteiger partial charge on any atom is 0.0678 e. The van der Waals surface area contributed by atoms with Crippen LogP contribution in [0.4, 0.5) is 0 Å². The average molecular weight is 285 g/mol. The van der Waals surface area contributed by atoms with Crippen LogP contribution in [-0.4, -0.2) is 29.7 Å². The van der Waals surface area contributed by atoms with E-state index in [-0.39, 0.29) is 6.61 Å². The lowest BCUT2D eigenvalue weighted by molar-refractivity contribution is 0.221. The first-order valence-corrected chi connectivity index (χ1v) is 8.11. The van der Waals surface area contributed by atoms with Gasteiger partial charge in [0, 0.05) is 6.54 Å². The van der Waals surface area contributed by atoms with Crippen LogP contribution in [-0.2, 0) is 6.54 Å². The molecule has 0 radical (unpaired) electrons. The van der Waals surface area contributed by atoms with Crippen molar-refractivity contribution in [2.75, 3.05) is 19.7 Å². The molecule has 1 aliphatic heterocycles. The lowest BCUT2D eigenvalue weighted by Crippen LogP contribution is -2.28. The van der Waals surface area contributed by atoms with E-state index in [0.717, 1.165) is 25.0 Å². The SMILES string of the molecule is OCC1=CCCC=C1.c1ccc(CN2CCCCC2)cc1. The van der Waals surface area contributed by atoms with Crippen LogP contribution < -0.4 is 0 Å². The molecule has 1 aliphatic carbocycles. The zero-order valence-electron chi connectivity index (χ0n) is 12.9. The number of hydrogen-bond donors (Lipinski definition) is 1. The van der Waals surface area contributed by atoms with Crippen LogP contribution in [0.3, 0.4) is 0 Å². The van der Waals surface area contributed by atoms with Crippen molar-refractivity contribution in [1.82, 2.24) is 4.90 Å². The van der Waals surface area contributed by atoms with Gasteiger partial charge in [-0.1, -0.05) is 55.0 Å². The Morgan fingerprint density at radius 1 is 0.952 bits per heavy atom. The highest BCUT2D eigenvalue weighted by Gasteiger charge is 2.09. The smallest absolute Gasteiger partial charge is 0.0678 e. The van der Waals surface area contributed by atoms with Crippen LogP contribution in [0.1, 0.15) is 37.7 Å². The number of piperidine rings is 1. The van der Waals surface area contributed by atoms with Gasteiger partial charge < -0.3 is 5.11 Å². The lowest BCUT2D eigenvalue weighted by Gasteiger charge is -2.26. The van der Waals surface area contributed by atoms with Crippen molar-refractivity contribution >= 4 is 0 Å². The van der Waals surface area contributed by atoms with Gasteiger partial charge in [0.05, 0.1) is 6.61 Å². The van der Waals surface area contributed by atoms with Gasteiger partial charge in [-0.05, 0) is 49.9 Å². The fraction of sp³-hybridized carbons (Fsp3) is 0.474. The zero-order valence-corrected chi connectivity index (χ0v) is 12.9. The monoisotopic (exact) mass is 285 g/mol. The molecule has 21 heavy (non-hydrogen) atoms. The van der Waals surface area contributed by atoms with Crippen molar-refractivity contribution in [3.8, 4) is 0 Å². The Bertz CT molecular complexity index is 444. The summed E-state index contributed by atoms with van der Waals surface area (Å²) in [7, 11) is 0. The highest BCUT2D eigenvalue weighted by atomic mass is 16.3. The maximum atomic E-state index is 8.57. The van der Waals surface area contributed by atoms with Crippen LogP contribution in [0, 0.1) is 0 Å². The summed E-state index contributed by atoms with van der Waals surface area (Å²) in [5.41, 5.74) is 2.50. The van der Waals surface area contributed by atoms with Crippen molar-refractivity contribution in [3.05, 3.63) is 59.7 Å². The van der Waals surface area contributed by atoms with Gasteiger partial charge in [-0.25, -0.2) is 0 Å². The molecule has 0 amide bonds. The van der Waals surface area contributed by atoms with E-state index in [1.165, 1.54) is 37.9 Å². The molecule has 2 nitrogen and oxygen atoms in total. The second-order valence-electron chi connectivity index (χ2n) is 5.74. The Labute approximate surface area is 128 Å². The molecule has 1 fully saturated rings. The van der Waals surface area contributed by atoms with Crippen molar-refractivity contribution in [3.63, 3.8) is 0 Å². The minimum atomic E-state index is 0.191. The van der Waals surface area contributed by atoms with E-state index in [4.69, 9.17) is 5.11 Å². The summed E-state index contributed by atoms with van der Waals surface area (Å²) < 4.78 is 0. The number of hydrogen-bond acceptors (Lipinski definition) is 2. The molecule has 0 spiro atoms. The van der Waals surface area contributed by atoms with Gasteiger partial charge in [0.2, 0.25) is 0 Å². The Morgan fingerprint density at radius 2 is 1.71 bits per heavy atom. The van der Waals surface area contributed by atoms with Gasteiger partial charge in [0.1, 0.15) is 0 Å². The van der Waals surface area contributed by atoms with Gasteiger partial charge in [-0.3, -0.25) is 4.90 Å². The number of aliphatic hydroxyl groups excluding tert-OH is 1. The van der Waals surface area contributed by atoms with Crippen LogP contribution in [0.5, 0.6) is 0 Å². The third-order valence-corrected chi connectivity index (χ3v) is 3.95. The van der Waals surface area contributed by atoms with Gasteiger partial charge >= 0.3 is 0 Å². The molecule has 1 aromatic carbocycles. The number of benzene rings is 1. The second-order valence-corrected chi connectivity index (χ2v) is 5.74. The van der Waals surface area contributed by atoms with E-state index in [0.29, 0.717) is 0 Å². The molecular weight excluding hydrogens is 258 g/mol. The van der Waals surface area contributed by atoms with Crippen LogP contribution >= 0.6 is 0 Å². The molecular formula is C19H27NO. The first-order valence-electron chi connectivity index (χ1n) is 8.11. The highest BCUT2D eigenvalue weighted by Crippen LogP contribution is 2.12. The Kier molecular flexibility index (Phi) is 7.27. The summed E-state index contributed by atoms with van der Waals surface area (Å²) >= 11 is 0. The summed E-state index contributed by atoms with van der Waals surface area (Å²) in [6, 6.07) is 10.8. The van der Waals surface area contributed by atoms with Crippen molar-refractivity contribution in [2.45, 2.75) is 38.6 Å². The molecule has 0 atom stereocenters. The molecule has 0 saturated carbocycles. The second kappa shape index (κ2) is 9.54. The lowest BCUT2D eigenvalue weighted by atomic mass is 10.1. The molecule has 1 heterocycles. The number of allylic oxidation sites excluding steroid dienone is 2. The van der Waals surface area contributed by atoms with E-state index in [2.05, 4.69) is 47.4 Å². The molecule has 1 aromatic rings. The third-order valence-electron chi connectivity index (χ3n) is 3.95. The molecule has 3 rings (SSSR count). The Hall–Kier alpha value is -1.38. The van der Waals surface area contributed by atoms with E-state index in [1.54, 1.807) is 0 Å². The van der Waals surface area contributed by atoms with Crippen molar-refractivity contribution in [1.29, 1.82) is 0 Å². The normalized spacial score (nSPS) is 18.6. The number of aliphatic hydroxyl groups is 1. The predicted molar refractivity (Wildman–Crippen MR) is 89.1 cm³/mol. The summed E-state index contributed by atoms with van der Waals surface area (Å²) in [4.78, 5) is 2.55. The van der Waals surface area contributed by atoms with Crippen molar-refractivity contribution < 1.29 is 5.11 Å². The summed E-state index contributed by atoms with van der Waals surface area (Å²) in [6.45, 7) is 3.90. The molecule has 114 valence electrons. The third kappa shape index (κ3) is 6.28. The first-order chi connectivity index (χ1) is 10.4. The molecule has 0 unspecified atom stereocenters. The number of rotatable bonds is 3. The standard InChI is InChI=1S/C12H17N.C7H10O/c1-3-7-12(8-4-1)11-13-9-5-2-6-10-13;8-6-7-4-2-1-3-5-7/h1,3-4,7-8H,2,5-6,9-11H2;2,4-5,8H,1,3,6H2. The summed E-state index contributed by atoms with van der Waals surface area (Å²) in [5.74, 6) is 0. The predicted octanol–water partition coefficient (Wildman–Crippen LogP) is 3.93. The van der Waals surface area contributed by atoms with Gasteiger partial charge in [-0.2, -0.15) is 0 Å². The van der Waals surface area contributed by atoms with Crippen LogP contribution in [0.15, 0.2) is 54.1 Å². The van der Waals surface area contributed by atoms with Crippen LogP contribution in [0.2, 0.25) is 0 Å². The minimum absolute atomic E-state index is 0.191. The van der Waals surface area contributed by atoms with Gasteiger partial charge in [0.15, 0.2) is 0 Å². The van der Waals surface area contributed by atoms with Gasteiger partial charge in [0.25, 0.3) is 0 Å². The first kappa shape index (κ1) is 16.0. The fourth-order valence-electron chi connectivity index (χ4n) is 2.74. The van der Waals surface area contributed by atoms with E-state index >= 15 is 0 Å². The van der Waals surface area contributed by atoms with E-state index < -0.39 is 0 Å². The minimum Gasteiger partial charge on any atom is -0.392 e. The summed E-state index contributed by atoms with van der Waals surface area (Å²) in [6.07, 6.45) is 12.5. The average Bonchev–Trinajstić information content (AvgIpc) is 2.58. The largest absolute Gasteiger partial charge is 0.392 e. The quantitative estimate of drug-likeness (QED) is 0.909. The van der Waals surface area contributed by atoms with E-state index in [1.807, 2.05) is 6.08 Å². The van der Waals surface area contributed by atoms with Crippen molar-refractivity contribution in [2.24, 2.45) is 0 Å². The molecule has 0 aromatic heterocycles. The van der Waals surface area contributed by atoms with Gasteiger partial charge in [-0.15, -0.1) is 0 Å². The van der Waals surface area contributed by atoms with E-state index in [9.17, 15) is 0 Å². The number of nitrogens with zero attached hydrogens (tertiary/aromatic N) is 1. The molecule has 0 bridgehead atoms. The molecule has 2 aliphatic rings. The molecule has 1 saturated heterocycles. The molecule has 2 heteroatoms. The Morgan fingerprint density at radius 3 is 2.29 bits per heavy atom. The van der Waals surface area contributed by atoms with Crippen LogP contribution in [0.25, 0.3) is 0 Å². The number of likely N-dealkylation sites (tertiary alicyclic amines) is 1. The fourth-order valence-corrected chi connectivity index (χ4v) is 2.74.